The fraction of sp³-hybridized carbons (Fsp3) is 0.350. The van der Waals surface area contributed by atoms with Crippen LogP contribution in [-0.4, -0.2) is 16.2 Å². The molecule has 0 aliphatic rings. The first-order chi connectivity index (χ1) is 11.8. The maximum atomic E-state index is 5.72. The van der Waals surface area contributed by atoms with Crippen LogP contribution in [0.1, 0.15) is 33.1 Å². The van der Waals surface area contributed by atoms with E-state index in [9.17, 15) is 0 Å². The van der Waals surface area contributed by atoms with Gasteiger partial charge < -0.3 is 14.6 Å². The third kappa shape index (κ3) is 3.53. The van der Waals surface area contributed by atoms with E-state index >= 15 is 0 Å². The molecule has 0 saturated heterocycles. The summed E-state index contributed by atoms with van der Waals surface area (Å²) < 4.78 is 7.99. The van der Waals surface area contributed by atoms with Crippen molar-refractivity contribution >= 4 is 22.7 Å². The Hall–Kier alpha value is -2.49. The Bertz CT molecular complexity index is 794. The number of fused-ring (bicyclic) bond motifs is 1. The molecular weight excluding hydrogens is 298 g/mol. The van der Waals surface area contributed by atoms with Crippen molar-refractivity contribution in [3.63, 3.8) is 0 Å². The van der Waals surface area contributed by atoms with E-state index in [1.165, 1.54) is 18.4 Å². The third-order valence-electron chi connectivity index (χ3n) is 4.07. The number of imidazole rings is 1. The lowest BCUT2D eigenvalue weighted by molar-refractivity contribution is 0.342. The number of ether oxygens (including phenoxy) is 1. The number of unbranched alkanes of at least 4 members (excludes halogenated alkanes) is 2. The monoisotopic (exact) mass is 323 g/mol. The van der Waals surface area contributed by atoms with Crippen molar-refractivity contribution in [3.8, 4) is 5.75 Å². The molecule has 1 heterocycles. The molecule has 2 aromatic carbocycles. The van der Waals surface area contributed by atoms with Gasteiger partial charge in [-0.1, -0.05) is 44.0 Å². The normalized spacial score (nSPS) is 10.9. The molecule has 24 heavy (non-hydrogen) atoms. The van der Waals surface area contributed by atoms with Crippen LogP contribution in [-0.2, 0) is 6.54 Å². The summed E-state index contributed by atoms with van der Waals surface area (Å²) in [7, 11) is 0. The minimum absolute atomic E-state index is 0.644. The van der Waals surface area contributed by atoms with Crippen LogP contribution in [0.4, 0.5) is 11.6 Å². The van der Waals surface area contributed by atoms with Gasteiger partial charge in [-0.25, -0.2) is 4.98 Å². The predicted molar refractivity (Wildman–Crippen MR) is 100 cm³/mol. The highest BCUT2D eigenvalue weighted by molar-refractivity contribution is 5.80. The summed E-state index contributed by atoms with van der Waals surface area (Å²) in [6.07, 6.45) is 3.59. The van der Waals surface area contributed by atoms with Gasteiger partial charge in [0.05, 0.1) is 23.3 Å². The van der Waals surface area contributed by atoms with Crippen LogP contribution >= 0.6 is 0 Å². The van der Waals surface area contributed by atoms with Crippen LogP contribution in [0.2, 0.25) is 0 Å². The number of aromatic nitrogens is 2. The first kappa shape index (κ1) is 16.4. The van der Waals surface area contributed by atoms with Crippen LogP contribution in [0, 0.1) is 0 Å². The number of hydrogen-bond acceptors (Lipinski definition) is 3. The summed E-state index contributed by atoms with van der Waals surface area (Å²) in [5.74, 6) is 1.73. The quantitative estimate of drug-likeness (QED) is 0.566. The van der Waals surface area contributed by atoms with Gasteiger partial charge in [-0.05, 0) is 37.6 Å². The molecule has 0 saturated carbocycles. The first-order valence-corrected chi connectivity index (χ1v) is 8.77. The number of nitrogens with one attached hydrogen (secondary N) is 1. The Morgan fingerprint density at radius 3 is 2.62 bits per heavy atom. The molecule has 0 aliphatic heterocycles. The average Bonchev–Trinajstić information content (AvgIpc) is 2.95. The van der Waals surface area contributed by atoms with Gasteiger partial charge in [0.1, 0.15) is 5.75 Å². The first-order valence-electron chi connectivity index (χ1n) is 8.77. The summed E-state index contributed by atoms with van der Waals surface area (Å²) in [6.45, 7) is 5.83. The summed E-state index contributed by atoms with van der Waals surface area (Å²) in [4.78, 5) is 4.78. The second kappa shape index (κ2) is 7.86. The molecule has 126 valence electrons. The van der Waals surface area contributed by atoms with Gasteiger partial charge in [-0.2, -0.15) is 0 Å². The molecule has 4 heteroatoms. The molecule has 0 spiro atoms. The number of para-hydroxylation sites is 4. The molecule has 3 aromatic rings. The summed E-state index contributed by atoms with van der Waals surface area (Å²) in [6, 6.07) is 16.3. The second-order valence-corrected chi connectivity index (χ2v) is 5.84. The fourth-order valence-electron chi connectivity index (χ4n) is 2.89. The number of rotatable bonds is 8. The summed E-state index contributed by atoms with van der Waals surface area (Å²) in [5, 5.41) is 3.47. The molecule has 1 N–H and O–H groups in total. The van der Waals surface area contributed by atoms with Crippen molar-refractivity contribution < 1.29 is 4.74 Å². The van der Waals surface area contributed by atoms with Gasteiger partial charge in [0.15, 0.2) is 0 Å². The van der Waals surface area contributed by atoms with E-state index in [1.807, 2.05) is 37.3 Å². The van der Waals surface area contributed by atoms with Crippen LogP contribution < -0.4 is 10.1 Å². The zero-order valence-electron chi connectivity index (χ0n) is 14.5. The molecule has 0 unspecified atom stereocenters. The minimum Gasteiger partial charge on any atom is -0.492 e. The van der Waals surface area contributed by atoms with Crippen LogP contribution in [0.25, 0.3) is 11.0 Å². The third-order valence-corrected chi connectivity index (χ3v) is 4.07. The van der Waals surface area contributed by atoms with Crippen LogP contribution in [0.15, 0.2) is 48.5 Å². The van der Waals surface area contributed by atoms with E-state index in [4.69, 9.17) is 9.72 Å². The molecule has 0 fully saturated rings. The zero-order valence-corrected chi connectivity index (χ0v) is 14.5. The Kier molecular flexibility index (Phi) is 5.36. The Morgan fingerprint density at radius 1 is 1.00 bits per heavy atom. The number of benzene rings is 2. The average molecular weight is 323 g/mol. The van der Waals surface area contributed by atoms with Crippen LogP contribution in [0.3, 0.4) is 0 Å². The number of hydrogen-bond donors (Lipinski definition) is 1. The molecule has 0 aliphatic carbocycles. The molecular formula is C20H25N3O. The Morgan fingerprint density at radius 2 is 1.79 bits per heavy atom. The maximum absolute atomic E-state index is 5.72. The molecule has 0 radical (unpaired) electrons. The van der Waals surface area contributed by atoms with E-state index in [0.717, 1.165) is 35.9 Å². The topological polar surface area (TPSA) is 39.1 Å². The van der Waals surface area contributed by atoms with E-state index in [1.54, 1.807) is 0 Å². The number of nitrogens with zero attached hydrogens (tertiary/aromatic N) is 2. The van der Waals surface area contributed by atoms with Crippen molar-refractivity contribution in [3.05, 3.63) is 48.5 Å². The molecule has 4 nitrogen and oxygen atoms in total. The zero-order chi connectivity index (χ0) is 16.8. The molecule has 0 amide bonds. The smallest absolute Gasteiger partial charge is 0.208 e. The summed E-state index contributed by atoms with van der Waals surface area (Å²) >= 11 is 0. The van der Waals surface area contributed by atoms with Crippen molar-refractivity contribution in [2.24, 2.45) is 0 Å². The standard InChI is InChI=1S/C20H25N3O/c1-3-5-10-15-23-18-13-8-6-11-16(18)21-20(23)22-17-12-7-9-14-19(17)24-4-2/h6-9,11-14H,3-5,10,15H2,1-2H3,(H,21,22). The van der Waals surface area contributed by atoms with E-state index in [0.29, 0.717) is 6.61 Å². The number of aryl methyl sites for hydroxylation is 1. The van der Waals surface area contributed by atoms with E-state index < -0.39 is 0 Å². The SMILES string of the molecule is CCCCCn1c(Nc2ccccc2OCC)nc2ccccc21. The van der Waals surface area contributed by atoms with Gasteiger partial charge in [0.25, 0.3) is 0 Å². The van der Waals surface area contributed by atoms with Gasteiger partial charge in [0, 0.05) is 6.54 Å². The molecule has 1 aromatic heterocycles. The van der Waals surface area contributed by atoms with Gasteiger partial charge in [0.2, 0.25) is 5.95 Å². The highest BCUT2D eigenvalue weighted by atomic mass is 16.5. The second-order valence-electron chi connectivity index (χ2n) is 5.84. The molecule has 3 rings (SSSR count). The van der Waals surface area contributed by atoms with Crippen molar-refractivity contribution in [2.45, 2.75) is 39.7 Å². The lowest BCUT2D eigenvalue weighted by Crippen LogP contribution is -2.05. The van der Waals surface area contributed by atoms with Gasteiger partial charge in [-0.15, -0.1) is 0 Å². The number of anilines is 2. The van der Waals surface area contributed by atoms with E-state index in [2.05, 4.69) is 35.0 Å². The predicted octanol–water partition coefficient (Wildman–Crippen LogP) is 5.37. The van der Waals surface area contributed by atoms with E-state index in [-0.39, 0.29) is 0 Å². The van der Waals surface area contributed by atoms with Crippen molar-refractivity contribution in [2.75, 3.05) is 11.9 Å². The maximum Gasteiger partial charge on any atom is 0.208 e. The molecule has 0 bridgehead atoms. The van der Waals surface area contributed by atoms with Gasteiger partial charge >= 0.3 is 0 Å². The lowest BCUT2D eigenvalue weighted by atomic mass is 10.2. The highest BCUT2D eigenvalue weighted by Crippen LogP contribution is 2.29. The van der Waals surface area contributed by atoms with Crippen molar-refractivity contribution in [1.82, 2.24) is 9.55 Å². The Balaban J connectivity index is 1.95. The highest BCUT2D eigenvalue weighted by Gasteiger charge is 2.12. The lowest BCUT2D eigenvalue weighted by Gasteiger charge is -2.13. The largest absolute Gasteiger partial charge is 0.492 e. The van der Waals surface area contributed by atoms with Crippen LogP contribution in [0.5, 0.6) is 5.75 Å². The van der Waals surface area contributed by atoms with Gasteiger partial charge in [-0.3, -0.25) is 0 Å². The molecule has 0 atom stereocenters. The fourth-order valence-corrected chi connectivity index (χ4v) is 2.89. The van der Waals surface area contributed by atoms with Crippen molar-refractivity contribution in [1.29, 1.82) is 0 Å². The minimum atomic E-state index is 0.644. The Labute approximate surface area is 143 Å². The summed E-state index contributed by atoms with van der Waals surface area (Å²) in [5.41, 5.74) is 3.14.